The molecule has 11 nitrogen and oxygen atoms in total. The Morgan fingerprint density at radius 1 is 1.20 bits per heavy atom. The summed E-state index contributed by atoms with van der Waals surface area (Å²) in [5.41, 5.74) is 2.72. The van der Waals surface area contributed by atoms with E-state index in [0.717, 1.165) is 16.6 Å². The number of H-pyrrole nitrogens is 1. The number of ketones is 1. The number of carbonyl (C=O) groups excluding carboxylic acids is 1. The van der Waals surface area contributed by atoms with Crippen LogP contribution in [-0.2, 0) is 25.1 Å². The first-order chi connectivity index (χ1) is 16.9. The second-order valence-corrected chi connectivity index (χ2v) is 11.3. The lowest BCUT2D eigenvalue weighted by atomic mass is 9.87. The second kappa shape index (κ2) is 8.04. The van der Waals surface area contributed by atoms with Gasteiger partial charge < -0.3 is 4.74 Å². The van der Waals surface area contributed by atoms with Crippen molar-refractivity contribution in [2.45, 2.75) is 24.1 Å². The fourth-order valence-electron chi connectivity index (χ4n) is 4.71. The molecule has 0 aromatic carbocycles. The number of carbonyl (C=O) groups is 1. The molecule has 6 rings (SSSR count). The number of pyridine rings is 2. The van der Waals surface area contributed by atoms with Crippen molar-refractivity contribution in [2.75, 3.05) is 26.3 Å². The molecule has 0 amide bonds. The van der Waals surface area contributed by atoms with Crippen molar-refractivity contribution >= 4 is 26.7 Å². The van der Waals surface area contributed by atoms with Gasteiger partial charge in [0.15, 0.2) is 0 Å². The van der Waals surface area contributed by atoms with Gasteiger partial charge in [-0.3, -0.25) is 19.6 Å². The average Bonchev–Trinajstić information content (AvgIpc) is 3.46. The van der Waals surface area contributed by atoms with Crippen molar-refractivity contribution in [3.05, 3.63) is 48.9 Å². The molecular formula is C23H23N7O4S. The third-order valence-electron chi connectivity index (χ3n) is 6.60. The van der Waals surface area contributed by atoms with Gasteiger partial charge in [0.1, 0.15) is 22.4 Å². The van der Waals surface area contributed by atoms with E-state index in [2.05, 4.69) is 15.2 Å². The molecule has 0 unspecified atom stereocenters. The van der Waals surface area contributed by atoms with Crippen molar-refractivity contribution in [3.63, 3.8) is 0 Å². The number of nitrogens with zero attached hydrogens (tertiary/aromatic N) is 6. The van der Waals surface area contributed by atoms with E-state index in [0.29, 0.717) is 17.1 Å². The summed E-state index contributed by atoms with van der Waals surface area (Å²) in [5.74, 6) is -0.0277. The SMILES string of the molecule is CC(=O)CC1(n2ccc(-c3nc(-c4ccn[nH]4)cc4ncccc34)n2)CN(S(=O)(=O)C2COC2)C1. The standard InChI is InChI=1S/C23H23N7O4S/c1-15(31)10-23(13-29(14-23)35(32,33)16-11-34-12-16)30-8-5-19(28-30)22-17-3-2-6-24-20(17)9-21(26-22)18-4-7-25-27-18/h2-9,16H,10-14H2,1H3,(H,25,27). The molecule has 0 spiro atoms. The minimum Gasteiger partial charge on any atom is -0.378 e. The van der Waals surface area contributed by atoms with E-state index < -0.39 is 20.8 Å². The van der Waals surface area contributed by atoms with Gasteiger partial charge in [0, 0.05) is 43.5 Å². The Hall–Kier alpha value is -3.48. The van der Waals surface area contributed by atoms with Crippen molar-refractivity contribution in [3.8, 4) is 22.8 Å². The number of hydrogen-bond donors (Lipinski definition) is 1. The first-order valence-corrected chi connectivity index (χ1v) is 12.7. The lowest BCUT2D eigenvalue weighted by molar-refractivity contribution is -0.121. The van der Waals surface area contributed by atoms with Crippen molar-refractivity contribution in [2.24, 2.45) is 0 Å². The predicted molar refractivity (Wildman–Crippen MR) is 127 cm³/mol. The van der Waals surface area contributed by atoms with E-state index in [4.69, 9.17) is 14.8 Å². The van der Waals surface area contributed by atoms with Crippen molar-refractivity contribution in [1.82, 2.24) is 34.3 Å². The van der Waals surface area contributed by atoms with Gasteiger partial charge in [0.2, 0.25) is 10.0 Å². The van der Waals surface area contributed by atoms with Crippen LogP contribution >= 0.6 is 0 Å². The maximum atomic E-state index is 12.8. The maximum absolute atomic E-state index is 12.8. The summed E-state index contributed by atoms with van der Waals surface area (Å²) >= 11 is 0. The van der Waals surface area contributed by atoms with E-state index in [1.807, 2.05) is 30.3 Å². The van der Waals surface area contributed by atoms with Gasteiger partial charge in [-0.2, -0.15) is 14.5 Å². The van der Waals surface area contributed by atoms with E-state index >= 15 is 0 Å². The number of aromatic amines is 1. The molecule has 0 radical (unpaired) electrons. The fraction of sp³-hybridized carbons (Fsp3) is 0.348. The molecule has 6 heterocycles. The van der Waals surface area contributed by atoms with Gasteiger partial charge in [0.05, 0.1) is 35.7 Å². The number of nitrogens with one attached hydrogen (secondary N) is 1. The van der Waals surface area contributed by atoms with Crippen molar-refractivity contribution < 1.29 is 17.9 Å². The predicted octanol–water partition coefficient (Wildman–Crippen LogP) is 1.60. The minimum atomic E-state index is -3.46. The highest BCUT2D eigenvalue weighted by Crippen LogP contribution is 2.38. The zero-order chi connectivity index (χ0) is 24.2. The van der Waals surface area contributed by atoms with E-state index in [1.165, 1.54) is 11.2 Å². The third kappa shape index (κ3) is 3.65. The molecule has 2 fully saturated rings. The first-order valence-electron chi connectivity index (χ1n) is 11.2. The molecule has 0 atom stereocenters. The number of ether oxygens (including phenoxy) is 1. The van der Waals surface area contributed by atoms with Gasteiger partial charge in [-0.15, -0.1) is 0 Å². The zero-order valence-corrected chi connectivity index (χ0v) is 19.8. The van der Waals surface area contributed by atoms with Crippen molar-refractivity contribution in [1.29, 1.82) is 0 Å². The smallest absolute Gasteiger partial charge is 0.221 e. The minimum absolute atomic E-state index is 0.0277. The highest BCUT2D eigenvalue weighted by Gasteiger charge is 2.53. The van der Waals surface area contributed by atoms with Gasteiger partial charge in [-0.25, -0.2) is 13.4 Å². The lowest BCUT2D eigenvalue weighted by Crippen LogP contribution is -2.67. The molecule has 4 aromatic heterocycles. The quantitative estimate of drug-likeness (QED) is 0.410. The molecule has 180 valence electrons. The Balaban J connectivity index is 1.38. The van der Waals surface area contributed by atoms with Crippen LogP contribution in [0, 0.1) is 0 Å². The molecule has 0 saturated carbocycles. The van der Waals surface area contributed by atoms with Gasteiger partial charge in [-0.05, 0) is 37.3 Å². The molecule has 1 N–H and O–H groups in total. The summed E-state index contributed by atoms with van der Waals surface area (Å²) in [6.45, 7) is 2.32. The Kier molecular flexibility index (Phi) is 5.06. The molecule has 0 bridgehead atoms. The summed E-state index contributed by atoms with van der Waals surface area (Å²) < 4.78 is 33.9. The van der Waals surface area contributed by atoms with Crippen LogP contribution in [0.5, 0.6) is 0 Å². The third-order valence-corrected chi connectivity index (χ3v) is 8.69. The normalized spacial score (nSPS) is 18.3. The molecule has 2 saturated heterocycles. The maximum Gasteiger partial charge on any atom is 0.221 e. The summed E-state index contributed by atoms with van der Waals surface area (Å²) in [6.07, 6.45) is 5.36. The lowest BCUT2D eigenvalue weighted by Gasteiger charge is -2.50. The number of rotatable bonds is 7. The molecule has 35 heavy (non-hydrogen) atoms. The highest BCUT2D eigenvalue weighted by atomic mass is 32.2. The summed E-state index contributed by atoms with van der Waals surface area (Å²) in [5, 5.41) is 12.1. The van der Waals surface area contributed by atoms with Crippen LogP contribution in [0.15, 0.2) is 48.9 Å². The van der Waals surface area contributed by atoms with Gasteiger partial charge in [0.25, 0.3) is 0 Å². The highest BCUT2D eigenvalue weighted by molar-refractivity contribution is 7.89. The van der Waals surface area contributed by atoms with E-state index in [-0.39, 0.29) is 38.5 Å². The van der Waals surface area contributed by atoms with Crippen LogP contribution in [-0.4, -0.2) is 80.0 Å². The Labute approximate surface area is 201 Å². The van der Waals surface area contributed by atoms with Gasteiger partial charge >= 0.3 is 0 Å². The summed E-state index contributed by atoms with van der Waals surface area (Å²) in [4.78, 5) is 21.5. The van der Waals surface area contributed by atoms with Crippen LogP contribution in [0.2, 0.25) is 0 Å². The number of sulfonamides is 1. The molecule has 12 heteroatoms. The largest absolute Gasteiger partial charge is 0.378 e. The number of fused-ring (bicyclic) bond motifs is 1. The fourth-order valence-corrected chi connectivity index (χ4v) is 6.51. The second-order valence-electron chi connectivity index (χ2n) is 9.12. The van der Waals surface area contributed by atoms with Crippen LogP contribution in [0.4, 0.5) is 0 Å². The monoisotopic (exact) mass is 493 g/mol. The molecule has 2 aliphatic rings. The summed E-state index contributed by atoms with van der Waals surface area (Å²) in [6, 6.07) is 9.34. The van der Waals surface area contributed by atoms with Crippen LogP contribution in [0.25, 0.3) is 33.7 Å². The number of Topliss-reactive ketones (excluding diaryl/α,β-unsaturated/α-hetero) is 1. The number of hydrogen-bond acceptors (Lipinski definition) is 8. The molecule has 0 aliphatic carbocycles. The van der Waals surface area contributed by atoms with Crippen LogP contribution in [0.3, 0.4) is 0 Å². The Morgan fingerprint density at radius 2 is 2.03 bits per heavy atom. The Morgan fingerprint density at radius 3 is 2.71 bits per heavy atom. The van der Waals surface area contributed by atoms with E-state index in [9.17, 15) is 13.2 Å². The zero-order valence-electron chi connectivity index (χ0n) is 19.0. The van der Waals surface area contributed by atoms with Gasteiger partial charge in [-0.1, -0.05) is 0 Å². The van der Waals surface area contributed by atoms with Crippen LogP contribution < -0.4 is 0 Å². The summed E-state index contributed by atoms with van der Waals surface area (Å²) in [7, 11) is -3.46. The Bertz CT molecular complexity index is 1520. The molecule has 4 aromatic rings. The van der Waals surface area contributed by atoms with Crippen LogP contribution in [0.1, 0.15) is 13.3 Å². The average molecular weight is 494 g/mol. The first kappa shape index (κ1) is 22.0. The van der Waals surface area contributed by atoms with E-state index in [1.54, 1.807) is 23.3 Å². The number of aromatic nitrogens is 6. The topological polar surface area (TPSA) is 136 Å². The molecule has 2 aliphatic heterocycles. The molecular weight excluding hydrogens is 470 g/mol.